The number of fused-ring (bicyclic) bond motifs is 1. The first kappa shape index (κ1) is 13.6. The van der Waals surface area contributed by atoms with E-state index in [1.165, 1.54) is 22.8 Å². The van der Waals surface area contributed by atoms with Gasteiger partial charge >= 0.3 is 0 Å². The summed E-state index contributed by atoms with van der Waals surface area (Å²) in [5, 5.41) is 9.54. The lowest BCUT2D eigenvalue weighted by Gasteiger charge is -2.01. The first-order valence-corrected chi connectivity index (χ1v) is 8.61. The highest BCUT2D eigenvalue weighted by molar-refractivity contribution is 8.00. The van der Waals surface area contributed by atoms with Crippen molar-refractivity contribution in [2.45, 2.75) is 27.9 Å². The van der Waals surface area contributed by atoms with Crippen LogP contribution in [-0.2, 0) is 6.42 Å². The number of thioether (sulfide) groups is 1. The van der Waals surface area contributed by atoms with E-state index < -0.39 is 0 Å². The van der Waals surface area contributed by atoms with Crippen molar-refractivity contribution in [1.29, 1.82) is 0 Å². The number of hydrogen-bond donors (Lipinski definition) is 1. The molecule has 3 heterocycles. The maximum Gasteiger partial charge on any atom is 0.216 e. The Bertz CT molecular complexity index is 750. The molecule has 0 amide bonds. The Morgan fingerprint density at radius 1 is 1.35 bits per heavy atom. The van der Waals surface area contributed by atoms with Gasteiger partial charge in [0.15, 0.2) is 15.8 Å². The maximum absolute atomic E-state index is 5.95. The summed E-state index contributed by atoms with van der Waals surface area (Å²) in [4.78, 5) is 12.9. The number of nitrogens with zero attached hydrogens (tertiary/aromatic N) is 6. The molecule has 0 fully saturated rings. The SMILES string of the molecule is CCc1nnc(Sc2ncnc3nc(SC)sc23)n1N. The third-order valence-electron chi connectivity index (χ3n) is 2.55. The van der Waals surface area contributed by atoms with E-state index in [0.29, 0.717) is 10.8 Å². The molecule has 0 spiro atoms. The van der Waals surface area contributed by atoms with Gasteiger partial charge in [-0.2, -0.15) is 0 Å². The molecule has 10 heteroatoms. The Hall–Kier alpha value is -1.39. The summed E-state index contributed by atoms with van der Waals surface area (Å²) >= 11 is 4.54. The molecule has 0 atom stereocenters. The fourth-order valence-corrected chi connectivity index (χ4v) is 3.97. The fraction of sp³-hybridized carbons (Fsp3) is 0.300. The van der Waals surface area contributed by atoms with Crippen LogP contribution in [0.15, 0.2) is 20.8 Å². The summed E-state index contributed by atoms with van der Waals surface area (Å²) < 4.78 is 3.41. The van der Waals surface area contributed by atoms with E-state index in [1.807, 2.05) is 13.2 Å². The fourth-order valence-electron chi connectivity index (χ4n) is 1.58. The Morgan fingerprint density at radius 2 is 2.20 bits per heavy atom. The number of nitrogen functional groups attached to an aromatic ring is 1. The van der Waals surface area contributed by atoms with E-state index in [4.69, 9.17) is 5.84 Å². The second-order valence-corrected chi connectivity index (χ2v) is 6.75. The van der Waals surface area contributed by atoms with Crippen molar-refractivity contribution in [1.82, 2.24) is 29.8 Å². The van der Waals surface area contributed by atoms with Crippen molar-refractivity contribution >= 4 is 45.2 Å². The summed E-state index contributed by atoms with van der Waals surface area (Å²) in [7, 11) is 0. The monoisotopic (exact) mass is 325 g/mol. The maximum atomic E-state index is 5.95. The van der Waals surface area contributed by atoms with E-state index in [0.717, 1.165) is 26.3 Å². The first-order valence-electron chi connectivity index (χ1n) is 5.75. The molecule has 0 unspecified atom stereocenters. The Morgan fingerprint density at radius 3 is 2.90 bits per heavy atom. The summed E-state index contributed by atoms with van der Waals surface area (Å²) in [6, 6.07) is 0. The first-order chi connectivity index (χ1) is 9.72. The summed E-state index contributed by atoms with van der Waals surface area (Å²) in [5.41, 5.74) is 0.704. The van der Waals surface area contributed by atoms with E-state index in [2.05, 4.69) is 25.1 Å². The normalized spacial score (nSPS) is 11.3. The molecule has 3 rings (SSSR count). The molecule has 3 aromatic rings. The lowest BCUT2D eigenvalue weighted by molar-refractivity contribution is 0.795. The van der Waals surface area contributed by atoms with Crippen molar-refractivity contribution in [3.63, 3.8) is 0 Å². The Kier molecular flexibility index (Phi) is 3.76. The third kappa shape index (κ3) is 2.34. The zero-order chi connectivity index (χ0) is 14.1. The van der Waals surface area contributed by atoms with Gasteiger partial charge in [-0.3, -0.25) is 0 Å². The smallest absolute Gasteiger partial charge is 0.216 e. The van der Waals surface area contributed by atoms with E-state index >= 15 is 0 Å². The van der Waals surface area contributed by atoms with Crippen molar-refractivity contribution in [2.75, 3.05) is 12.1 Å². The Labute approximate surface area is 127 Å². The molecule has 0 saturated carbocycles. The highest BCUT2D eigenvalue weighted by Crippen LogP contribution is 2.35. The van der Waals surface area contributed by atoms with Crippen LogP contribution >= 0.6 is 34.9 Å². The van der Waals surface area contributed by atoms with Gasteiger partial charge < -0.3 is 5.84 Å². The van der Waals surface area contributed by atoms with Crippen LogP contribution in [0.4, 0.5) is 0 Å². The summed E-state index contributed by atoms with van der Waals surface area (Å²) in [6.07, 6.45) is 4.23. The van der Waals surface area contributed by atoms with Gasteiger partial charge in [-0.05, 0) is 18.0 Å². The quantitative estimate of drug-likeness (QED) is 0.441. The van der Waals surface area contributed by atoms with Crippen LogP contribution in [0.1, 0.15) is 12.7 Å². The molecular formula is C10H11N7S3. The molecule has 0 aliphatic carbocycles. The summed E-state index contributed by atoms with van der Waals surface area (Å²) in [6.45, 7) is 1.98. The number of aromatic nitrogens is 6. The van der Waals surface area contributed by atoms with E-state index in [9.17, 15) is 0 Å². The van der Waals surface area contributed by atoms with Gasteiger partial charge in [0.2, 0.25) is 5.16 Å². The molecule has 20 heavy (non-hydrogen) atoms. The molecule has 3 aromatic heterocycles. The average Bonchev–Trinajstić information content (AvgIpc) is 3.04. The number of nitrogens with two attached hydrogens (primary N) is 1. The topological polar surface area (TPSA) is 95.4 Å². The number of rotatable bonds is 4. The van der Waals surface area contributed by atoms with Crippen molar-refractivity contribution < 1.29 is 0 Å². The minimum Gasteiger partial charge on any atom is -0.336 e. The van der Waals surface area contributed by atoms with Crippen molar-refractivity contribution in [2.24, 2.45) is 0 Å². The molecule has 7 nitrogen and oxygen atoms in total. The van der Waals surface area contributed by atoms with Crippen LogP contribution in [-0.4, -0.2) is 36.1 Å². The second-order valence-electron chi connectivity index (χ2n) is 3.74. The molecule has 0 saturated heterocycles. The zero-order valence-electron chi connectivity index (χ0n) is 10.8. The van der Waals surface area contributed by atoms with Crippen LogP contribution < -0.4 is 5.84 Å². The van der Waals surface area contributed by atoms with Gasteiger partial charge in [0.05, 0.1) is 0 Å². The van der Waals surface area contributed by atoms with Crippen molar-refractivity contribution in [3.05, 3.63) is 12.2 Å². The minimum absolute atomic E-state index is 0.612. The standard InChI is InChI=1S/C10H11N7S3/c1-3-5-15-16-9(17(5)11)20-8-6-7(12-4-13-8)14-10(18-2)19-6/h4H,3,11H2,1-2H3. The number of thiazole rings is 1. The van der Waals surface area contributed by atoms with Crippen LogP contribution in [0.2, 0.25) is 0 Å². The Balaban J connectivity index is 2.01. The molecule has 0 aromatic carbocycles. The van der Waals surface area contributed by atoms with E-state index in [1.54, 1.807) is 23.1 Å². The predicted molar refractivity (Wildman–Crippen MR) is 80.7 cm³/mol. The predicted octanol–water partition coefficient (Wildman–Crippen LogP) is 1.83. The number of aryl methyl sites for hydroxylation is 1. The van der Waals surface area contributed by atoms with E-state index in [-0.39, 0.29) is 0 Å². The third-order valence-corrected chi connectivity index (χ3v) is 5.68. The van der Waals surface area contributed by atoms with Gasteiger partial charge in [0.1, 0.15) is 16.1 Å². The van der Waals surface area contributed by atoms with Crippen LogP contribution in [0, 0.1) is 0 Å². The lowest BCUT2D eigenvalue weighted by Crippen LogP contribution is -2.13. The molecule has 2 N–H and O–H groups in total. The van der Waals surface area contributed by atoms with Gasteiger partial charge in [-0.15, -0.1) is 21.5 Å². The molecule has 0 radical (unpaired) electrons. The zero-order valence-corrected chi connectivity index (χ0v) is 13.2. The van der Waals surface area contributed by atoms with Gasteiger partial charge in [-0.1, -0.05) is 18.7 Å². The molecule has 104 valence electrons. The second kappa shape index (κ2) is 5.54. The average molecular weight is 325 g/mol. The molecule has 0 aliphatic rings. The van der Waals surface area contributed by atoms with Crippen LogP contribution in [0.3, 0.4) is 0 Å². The lowest BCUT2D eigenvalue weighted by atomic mass is 10.5. The van der Waals surface area contributed by atoms with Gasteiger partial charge in [-0.25, -0.2) is 19.6 Å². The highest BCUT2D eigenvalue weighted by Gasteiger charge is 2.15. The molecule has 0 aliphatic heterocycles. The summed E-state index contributed by atoms with van der Waals surface area (Å²) in [5.74, 6) is 6.69. The number of hydrogen-bond acceptors (Lipinski definition) is 9. The minimum atomic E-state index is 0.612. The van der Waals surface area contributed by atoms with Crippen LogP contribution in [0.5, 0.6) is 0 Å². The largest absolute Gasteiger partial charge is 0.336 e. The van der Waals surface area contributed by atoms with Gasteiger partial charge in [0, 0.05) is 6.42 Å². The molecule has 0 bridgehead atoms. The molecular weight excluding hydrogens is 314 g/mol. The van der Waals surface area contributed by atoms with Crippen molar-refractivity contribution in [3.8, 4) is 0 Å². The van der Waals surface area contributed by atoms with Crippen LogP contribution in [0.25, 0.3) is 10.3 Å². The van der Waals surface area contributed by atoms with Gasteiger partial charge in [0.25, 0.3) is 0 Å². The highest BCUT2D eigenvalue weighted by atomic mass is 32.2.